The van der Waals surface area contributed by atoms with E-state index in [0.29, 0.717) is 17.8 Å². The summed E-state index contributed by atoms with van der Waals surface area (Å²) in [6, 6.07) is 34.5. The van der Waals surface area contributed by atoms with Gasteiger partial charge in [0.05, 0.1) is 12.2 Å². The van der Waals surface area contributed by atoms with Gasteiger partial charge in [0.25, 0.3) is 5.91 Å². The minimum absolute atomic E-state index is 0. The van der Waals surface area contributed by atoms with Crippen LogP contribution >= 0.6 is 0 Å². The van der Waals surface area contributed by atoms with Crippen LogP contribution in [0, 0.1) is 26.2 Å². The van der Waals surface area contributed by atoms with Gasteiger partial charge >= 0.3 is 17.1 Å². The minimum atomic E-state index is -0.322. The molecule has 0 aliphatic rings. The third kappa shape index (κ3) is 7.48. The maximum Gasteiger partial charge on any atom is 1.00 e. The van der Waals surface area contributed by atoms with Gasteiger partial charge < -0.3 is 17.4 Å². The Bertz CT molecular complexity index is 1360. The fourth-order valence-corrected chi connectivity index (χ4v) is 3.58. The van der Waals surface area contributed by atoms with Crippen LogP contribution in [0.3, 0.4) is 0 Å². The summed E-state index contributed by atoms with van der Waals surface area (Å²) >= 11 is 0. The van der Waals surface area contributed by atoms with Crippen LogP contribution < -0.4 is 4.90 Å². The number of carbonyl (C=O) groups is 1. The maximum absolute atomic E-state index is 13.5. The topological polar surface area (TPSA) is 40.5 Å². The summed E-state index contributed by atoms with van der Waals surface area (Å²) in [7, 11) is 0. The number of aliphatic hydroxyl groups excluding tert-OH is 1. The molecule has 0 atom stereocenters. The first-order valence-corrected chi connectivity index (χ1v) is 11.1. The molecule has 4 heteroatoms. The van der Waals surface area contributed by atoms with Gasteiger partial charge in [-0.25, -0.2) is 0 Å². The van der Waals surface area contributed by atoms with E-state index in [1.165, 1.54) is 6.08 Å². The summed E-state index contributed by atoms with van der Waals surface area (Å²) in [6.45, 7) is 2.35. The van der Waals surface area contributed by atoms with Crippen molar-refractivity contribution in [3.05, 3.63) is 151 Å². The molecule has 184 valence electrons. The SMILES string of the molecule is Cc1ccc(N(Cc2ccccc2)C(=O)/C=C(/O)c2ccccc2)c(C#Cc2ccccc2)c1.[CH3-].[Cu+]. The molecule has 0 fully saturated rings. The second kappa shape index (κ2) is 13.8. The van der Waals surface area contributed by atoms with E-state index in [1.807, 2.05) is 104 Å². The molecular weight excluding hydrogens is 494 g/mol. The van der Waals surface area contributed by atoms with Crippen LogP contribution in [-0.2, 0) is 28.4 Å². The van der Waals surface area contributed by atoms with E-state index in [9.17, 15) is 9.90 Å². The maximum atomic E-state index is 13.5. The average Bonchev–Trinajstić information content (AvgIpc) is 2.88. The normalized spacial score (nSPS) is 10.2. The van der Waals surface area contributed by atoms with Crippen molar-refractivity contribution in [2.24, 2.45) is 0 Å². The quantitative estimate of drug-likeness (QED) is 0.101. The first-order valence-electron chi connectivity index (χ1n) is 11.1. The molecular formula is C32H28CuNO2. The summed E-state index contributed by atoms with van der Waals surface area (Å²) in [4.78, 5) is 15.1. The van der Waals surface area contributed by atoms with Gasteiger partial charge in [-0.2, -0.15) is 0 Å². The van der Waals surface area contributed by atoms with Gasteiger partial charge in [-0.05, 0) is 42.3 Å². The number of hydrogen-bond acceptors (Lipinski definition) is 2. The van der Waals surface area contributed by atoms with Crippen LogP contribution in [0.5, 0.6) is 0 Å². The van der Waals surface area contributed by atoms with E-state index in [2.05, 4.69) is 11.8 Å². The van der Waals surface area contributed by atoms with Crippen LogP contribution in [0.1, 0.15) is 27.8 Å². The zero-order valence-electron chi connectivity index (χ0n) is 20.3. The van der Waals surface area contributed by atoms with Crippen molar-refractivity contribution in [1.82, 2.24) is 0 Å². The number of rotatable bonds is 5. The minimum Gasteiger partial charge on any atom is -0.507 e. The fraction of sp³-hybridized carbons (Fsp3) is 0.0625. The van der Waals surface area contributed by atoms with Crippen LogP contribution in [0.25, 0.3) is 5.76 Å². The number of hydrogen-bond donors (Lipinski definition) is 1. The van der Waals surface area contributed by atoms with E-state index in [-0.39, 0.29) is 36.2 Å². The Morgan fingerprint density at radius 3 is 2.06 bits per heavy atom. The first kappa shape index (κ1) is 28.2. The van der Waals surface area contributed by atoms with E-state index in [4.69, 9.17) is 0 Å². The third-order valence-corrected chi connectivity index (χ3v) is 5.34. The summed E-state index contributed by atoms with van der Waals surface area (Å²) in [5.41, 5.74) is 4.96. The Hall–Kier alpha value is -4.03. The summed E-state index contributed by atoms with van der Waals surface area (Å²) in [5, 5.41) is 10.6. The molecule has 1 N–H and O–H groups in total. The summed E-state index contributed by atoms with van der Waals surface area (Å²) in [5.74, 6) is 6.05. The number of anilines is 1. The second-order valence-electron chi connectivity index (χ2n) is 7.94. The molecule has 0 aromatic heterocycles. The number of aliphatic hydroxyl groups is 1. The zero-order chi connectivity index (χ0) is 23.8. The Morgan fingerprint density at radius 1 is 0.833 bits per heavy atom. The van der Waals surface area contributed by atoms with Crippen LogP contribution in [0.15, 0.2) is 115 Å². The summed E-state index contributed by atoms with van der Waals surface area (Å²) < 4.78 is 0. The molecule has 0 spiro atoms. The van der Waals surface area contributed by atoms with Gasteiger partial charge in [0.2, 0.25) is 0 Å². The van der Waals surface area contributed by atoms with Crippen molar-refractivity contribution in [2.75, 3.05) is 4.90 Å². The van der Waals surface area contributed by atoms with Crippen molar-refractivity contribution in [2.45, 2.75) is 13.5 Å². The second-order valence-corrected chi connectivity index (χ2v) is 7.94. The Labute approximate surface area is 224 Å². The molecule has 0 unspecified atom stereocenters. The third-order valence-electron chi connectivity index (χ3n) is 5.34. The molecule has 0 aliphatic heterocycles. The van der Waals surface area contributed by atoms with Gasteiger partial charge in [0, 0.05) is 22.8 Å². The van der Waals surface area contributed by atoms with Crippen molar-refractivity contribution >= 4 is 17.4 Å². The van der Waals surface area contributed by atoms with E-state index in [0.717, 1.165) is 22.3 Å². The van der Waals surface area contributed by atoms with Crippen LogP contribution in [-0.4, -0.2) is 11.0 Å². The zero-order valence-corrected chi connectivity index (χ0v) is 21.2. The van der Waals surface area contributed by atoms with E-state index in [1.54, 1.807) is 17.0 Å². The van der Waals surface area contributed by atoms with Gasteiger partial charge in [0.1, 0.15) is 5.76 Å². The molecule has 1 amide bonds. The Balaban J connectivity index is 0.00000228. The van der Waals surface area contributed by atoms with Crippen molar-refractivity contribution in [3.8, 4) is 11.8 Å². The van der Waals surface area contributed by atoms with Gasteiger partial charge in [0.15, 0.2) is 0 Å². The molecule has 0 saturated heterocycles. The molecule has 4 aromatic rings. The van der Waals surface area contributed by atoms with Gasteiger partial charge in [-0.1, -0.05) is 96.8 Å². The van der Waals surface area contributed by atoms with Gasteiger partial charge in [-0.15, -0.1) is 0 Å². The van der Waals surface area contributed by atoms with E-state index >= 15 is 0 Å². The summed E-state index contributed by atoms with van der Waals surface area (Å²) in [6.07, 6.45) is 1.27. The standard InChI is InChI=1S/C31H25NO2.CH3.Cu/c1-24-17-20-29(28(21-24)19-18-25-11-5-2-6-12-25)32(23-26-13-7-3-8-14-26)31(34)22-30(33)27-15-9-4-10-16-27;;/h2-17,20-22,33H,23H2,1H3;1H3;/q;-1;+1/b30-22+;;. The molecule has 0 bridgehead atoms. The number of carbonyl (C=O) groups excluding carboxylic acids is 1. The van der Waals surface area contributed by atoms with Crippen LogP contribution in [0.4, 0.5) is 5.69 Å². The Morgan fingerprint density at radius 2 is 1.42 bits per heavy atom. The molecule has 0 saturated carbocycles. The number of nitrogens with zero attached hydrogens (tertiary/aromatic N) is 1. The predicted molar refractivity (Wildman–Crippen MR) is 145 cm³/mol. The largest absolute Gasteiger partial charge is 1.00 e. The molecule has 4 aromatic carbocycles. The predicted octanol–water partition coefficient (Wildman–Crippen LogP) is 6.97. The van der Waals surface area contributed by atoms with E-state index < -0.39 is 0 Å². The number of amides is 1. The van der Waals surface area contributed by atoms with Crippen molar-refractivity contribution in [1.29, 1.82) is 0 Å². The first-order chi connectivity index (χ1) is 16.6. The smallest absolute Gasteiger partial charge is 0.507 e. The molecule has 0 aliphatic carbocycles. The monoisotopic (exact) mass is 521 g/mol. The fourth-order valence-electron chi connectivity index (χ4n) is 3.58. The molecule has 3 nitrogen and oxygen atoms in total. The molecule has 4 rings (SSSR count). The van der Waals surface area contributed by atoms with Gasteiger partial charge in [-0.3, -0.25) is 4.79 Å². The molecule has 0 radical (unpaired) electrons. The molecule has 0 heterocycles. The van der Waals surface area contributed by atoms with Crippen molar-refractivity contribution in [3.63, 3.8) is 0 Å². The number of benzene rings is 4. The van der Waals surface area contributed by atoms with Crippen molar-refractivity contribution < 1.29 is 27.0 Å². The average molecular weight is 522 g/mol. The number of aryl methyl sites for hydroxylation is 1. The molecule has 36 heavy (non-hydrogen) atoms. The van der Waals surface area contributed by atoms with Crippen LogP contribution in [0.2, 0.25) is 0 Å². The Kier molecular flexibility index (Phi) is 10.8.